The lowest BCUT2D eigenvalue weighted by Crippen LogP contribution is -2.38. The van der Waals surface area contributed by atoms with Gasteiger partial charge >= 0.3 is 11.9 Å². The zero-order valence-corrected chi connectivity index (χ0v) is 28.3. The summed E-state index contributed by atoms with van der Waals surface area (Å²) in [6.07, 6.45) is 4.72. The van der Waals surface area contributed by atoms with E-state index < -0.39 is 41.2 Å². The third-order valence-electron chi connectivity index (χ3n) is 9.71. The molecule has 0 bridgehead atoms. The van der Waals surface area contributed by atoms with Crippen LogP contribution in [0.4, 0.5) is 0 Å². The minimum atomic E-state index is -1.69. The zero-order valence-electron chi connectivity index (χ0n) is 28.3. The van der Waals surface area contributed by atoms with Crippen molar-refractivity contribution in [3.8, 4) is 51.4 Å². The predicted octanol–water partition coefficient (Wildman–Crippen LogP) is 5.67. The molecule has 2 aliphatic rings. The van der Waals surface area contributed by atoms with E-state index in [0.717, 1.165) is 22.8 Å². The van der Waals surface area contributed by atoms with Crippen LogP contribution in [-0.4, -0.2) is 72.0 Å². The van der Waals surface area contributed by atoms with Gasteiger partial charge in [-0.2, -0.15) is 0 Å². The Morgan fingerprint density at radius 2 is 1.52 bits per heavy atom. The average Bonchev–Trinajstić information content (AvgIpc) is 3.32. The summed E-state index contributed by atoms with van der Waals surface area (Å²) >= 11 is 0. The van der Waals surface area contributed by atoms with E-state index in [1.54, 1.807) is 18.2 Å². The zero-order chi connectivity index (χ0) is 37.3. The maximum atomic E-state index is 13.2. The molecule has 0 saturated carbocycles. The quantitative estimate of drug-likeness (QED) is 0.0553. The van der Waals surface area contributed by atoms with Crippen LogP contribution < -0.4 is 5.32 Å². The Hall–Kier alpha value is -6.14. The van der Waals surface area contributed by atoms with Crippen molar-refractivity contribution in [1.82, 2.24) is 5.32 Å². The van der Waals surface area contributed by atoms with E-state index in [0.29, 0.717) is 71.2 Å². The number of likely N-dealkylation sites (N-methyl/N-ethyl adjacent to an activating group) is 1. The highest BCUT2D eigenvalue weighted by Crippen LogP contribution is 2.50. The van der Waals surface area contributed by atoms with Crippen molar-refractivity contribution in [1.29, 1.82) is 0 Å². The number of hydrogen-bond donors (Lipinski definition) is 9. The van der Waals surface area contributed by atoms with Crippen LogP contribution in [0, 0.1) is 0 Å². The van der Waals surface area contributed by atoms with Gasteiger partial charge in [0.15, 0.2) is 34.5 Å². The molecule has 0 saturated heterocycles. The second kappa shape index (κ2) is 14.6. The Morgan fingerprint density at radius 1 is 0.788 bits per heavy atom. The van der Waals surface area contributed by atoms with Crippen LogP contribution in [0.25, 0.3) is 28.9 Å². The van der Waals surface area contributed by atoms with E-state index in [1.807, 2.05) is 13.0 Å². The summed E-state index contributed by atoms with van der Waals surface area (Å²) in [6, 6.07) is 11.8. The Balaban J connectivity index is 1.38. The van der Waals surface area contributed by atoms with Gasteiger partial charge in [-0.25, -0.2) is 9.59 Å². The third kappa shape index (κ3) is 6.80. The number of aromatic hydroxyl groups is 7. The highest BCUT2D eigenvalue weighted by atomic mass is 16.6. The summed E-state index contributed by atoms with van der Waals surface area (Å²) in [6.45, 7) is 2.36. The van der Waals surface area contributed by atoms with Crippen LogP contribution in [0.1, 0.15) is 64.6 Å². The number of ether oxygens (including phenoxy) is 1. The molecule has 12 nitrogen and oxygen atoms in total. The number of carbonyl (C=O) groups is 2. The molecule has 2 aliphatic carbocycles. The molecule has 0 heterocycles. The molecule has 0 amide bonds. The number of carboxylic acid groups (broad SMARTS) is 1. The molecule has 6 rings (SSSR count). The number of phenols is 7. The first-order valence-corrected chi connectivity index (χ1v) is 16.9. The van der Waals surface area contributed by atoms with Gasteiger partial charge in [-0.15, -0.1) is 0 Å². The summed E-state index contributed by atoms with van der Waals surface area (Å²) in [5, 5.41) is 86.8. The fourth-order valence-corrected chi connectivity index (χ4v) is 7.16. The molecular formula is C40H39NO11. The highest BCUT2D eigenvalue weighted by Gasteiger charge is 2.33. The van der Waals surface area contributed by atoms with Crippen LogP contribution in [0.3, 0.4) is 0 Å². The smallest absolute Gasteiger partial charge is 0.345 e. The SMILES string of the molecule is CCNCC(c1ccc(O)c(O)c1)C(OC(=O)C=Cc1cc(O)c(O)c2c1C=C(c1cc(O)c(O)c3c1-c1cccc(O)c1CCC3)CC2)C(=O)O. The molecule has 4 aromatic rings. The van der Waals surface area contributed by atoms with Gasteiger partial charge in [0.05, 0.1) is 0 Å². The van der Waals surface area contributed by atoms with Crippen LogP contribution in [0.2, 0.25) is 0 Å². The molecule has 2 atom stereocenters. The minimum absolute atomic E-state index is 0.0716. The van der Waals surface area contributed by atoms with Gasteiger partial charge in [-0.1, -0.05) is 31.2 Å². The summed E-state index contributed by atoms with van der Waals surface area (Å²) in [5.74, 6) is -5.40. The molecule has 0 aromatic heterocycles. The van der Waals surface area contributed by atoms with Gasteiger partial charge in [0, 0.05) is 35.2 Å². The molecule has 0 aliphatic heterocycles. The summed E-state index contributed by atoms with van der Waals surface area (Å²) in [7, 11) is 0. The molecular weight excluding hydrogens is 670 g/mol. The Morgan fingerprint density at radius 3 is 2.25 bits per heavy atom. The van der Waals surface area contributed by atoms with Crippen molar-refractivity contribution in [3.05, 3.63) is 93.6 Å². The van der Waals surface area contributed by atoms with E-state index in [1.165, 1.54) is 36.4 Å². The van der Waals surface area contributed by atoms with Crippen molar-refractivity contribution in [2.24, 2.45) is 0 Å². The largest absolute Gasteiger partial charge is 0.508 e. The molecule has 2 unspecified atom stereocenters. The Bertz CT molecular complexity index is 2130. The fraction of sp³-hybridized carbons (Fsp3) is 0.250. The molecule has 4 aromatic carbocycles. The van der Waals surface area contributed by atoms with Gasteiger partial charge in [0.1, 0.15) is 5.75 Å². The number of esters is 1. The van der Waals surface area contributed by atoms with Crippen molar-refractivity contribution in [3.63, 3.8) is 0 Å². The van der Waals surface area contributed by atoms with Gasteiger partial charge in [-0.05, 0) is 114 Å². The molecule has 9 N–H and O–H groups in total. The first kappa shape index (κ1) is 35.7. The second-order valence-corrected chi connectivity index (χ2v) is 12.9. The van der Waals surface area contributed by atoms with Crippen LogP contribution >= 0.6 is 0 Å². The molecule has 52 heavy (non-hydrogen) atoms. The van der Waals surface area contributed by atoms with Crippen molar-refractivity contribution in [2.75, 3.05) is 13.1 Å². The highest BCUT2D eigenvalue weighted by molar-refractivity contribution is 5.97. The predicted molar refractivity (Wildman–Crippen MR) is 192 cm³/mol. The van der Waals surface area contributed by atoms with Crippen molar-refractivity contribution >= 4 is 29.7 Å². The van der Waals surface area contributed by atoms with Gasteiger partial charge in [-0.3, -0.25) is 0 Å². The number of carbonyl (C=O) groups excluding carboxylic acids is 1. The first-order chi connectivity index (χ1) is 24.9. The van der Waals surface area contributed by atoms with Crippen molar-refractivity contribution < 1.29 is 55.2 Å². The molecule has 12 heteroatoms. The van der Waals surface area contributed by atoms with Crippen LogP contribution in [0.15, 0.2) is 54.6 Å². The maximum absolute atomic E-state index is 13.2. The third-order valence-corrected chi connectivity index (χ3v) is 9.71. The summed E-state index contributed by atoms with van der Waals surface area (Å²) < 4.78 is 5.44. The summed E-state index contributed by atoms with van der Waals surface area (Å²) in [5.41, 5.74) is 5.51. The number of rotatable bonds is 10. The minimum Gasteiger partial charge on any atom is -0.508 e. The maximum Gasteiger partial charge on any atom is 0.345 e. The van der Waals surface area contributed by atoms with Crippen LogP contribution in [-0.2, 0) is 33.6 Å². The number of benzene rings is 4. The number of carboxylic acids is 1. The van der Waals surface area contributed by atoms with Gasteiger partial charge < -0.3 is 50.9 Å². The second-order valence-electron chi connectivity index (χ2n) is 12.9. The van der Waals surface area contributed by atoms with E-state index in [4.69, 9.17) is 4.74 Å². The molecule has 0 fully saturated rings. The summed E-state index contributed by atoms with van der Waals surface area (Å²) in [4.78, 5) is 25.6. The Kier molecular flexibility index (Phi) is 10.0. The van der Waals surface area contributed by atoms with Crippen LogP contribution in [0.5, 0.6) is 40.2 Å². The van der Waals surface area contributed by atoms with Gasteiger partial charge in [0.25, 0.3) is 0 Å². The monoisotopic (exact) mass is 709 g/mol. The van der Waals surface area contributed by atoms with E-state index >= 15 is 0 Å². The van der Waals surface area contributed by atoms with E-state index in [2.05, 4.69) is 5.32 Å². The molecule has 0 spiro atoms. The normalized spacial score (nSPS) is 14.8. The fourth-order valence-electron chi connectivity index (χ4n) is 7.16. The molecule has 0 radical (unpaired) electrons. The Labute approximate surface area is 298 Å². The number of aliphatic carboxylic acids is 1. The average molecular weight is 710 g/mol. The first-order valence-electron chi connectivity index (χ1n) is 16.9. The number of allylic oxidation sites excluding steroid dienone is 1. The number of phenolic OH excluding ortho intramolecular Hbond substituents is 7. The lowest BCUT2D eigenvalue weighted by atomic mass is 9.81. The number of nitrogens with one attached hydrogen (secondary N) is 1. The van der Waals surface area contributed by atoms with E-state index in [-0.39, 0.29) is 36.0 Å². The lowest BCUT2D eigenvalue weighted by molar-refractivity contribution is -0.162. The number of fused-ring (bicyclic) bond motifs is 4. The molecule has 270 valence electrons. The van der Waals surface area contributed by atoms with Gasteiger partial charge in [0.2, 0.25) is 6.10 Å². The standard InChI is InChI=1S/C40H39NO11/c1-2-41-19-29(22-10-13-31(43)32(44)16-22)39(40(50)51)52-35(47)14-11-21-17-33(45)37(48)25-12-9-20(15-27(21)25)28-18-34(46)38(49)26-7-3-5-23-24(36(26)28)6-4-8-30(23)42/h4,6,8,10-11,13-18,29,39,41-46,48-49H,2-3,5,7,9,12,19H2,1H3,(H,50,51). The number of hydrogen-bond acceptors (Lipinski definition) is 11. The van der Waals surface area contributed by atoms with Crippen molar-refractivity contribution in [2.45, 2.75) is 51.0 Å². The van der Waals surface area contributed by atoms with E-state index in [9.17, 15) is 50.4 Å². The topological polar surface area (TPSA) is 217 Å². The lowest BCUT2D eigenvalue weighted by Gasteiger charge is -2.25.